The summed E-state index contributed by atoms with van der Waals surface area (Å²) in [7, 11) is 0. The fourth-order valence-corrected chi connectivity index (χ4v) is 4.84. The Morgan fingerprint density at radius 1 is 0.973 bits per heavy atom. The van der Waals surface area contributed by atoms with E-state index in [0.717, 1.165) is 35.3 Å². The highest BCUT2D eigenvalue weighted by atomic mass is 16.7. The molecule has 1 heterocycles. The molecule has 0 bridgehead atoms. The molecule has 1 fully saturated rings. The van der Waals surface area contributed by atoms with Crippen LogP contribution < -0.4 is 4.74 Å². The Labute approximate surface area is 224 Å². The molecule has 0 aromatic heterocycles. The Bertz CT molecular complexity index is 1120. The molecule has 0 radical (unpaired) electrons. The van der Waals surface area contributed by atoms with Crippen LogP contribution in [0.1, 0.15) is 89.1 Å². The molecule has 1 atom stereocenters. The topological polar surface area (TPSA) is 47.9 Å². The lowest BCUT2D eigenvalue weighted by molar-refractivity contribution is -0.264. The number of aliphatic hydroxyl groups is 1. The minimum atomic E-state index is -0.661. The summed E-state index contributed by atoms with van der Waals surface area (Å²) in [6, 6.07) is 13.2. The zero-order chi connectivity index (χ0) is 27.4. The zero-order valence-corrected chi connectivity index (χ0v) is 24.3. The molecule has 0 amide bonds. The Kier molecular flexibility index (Phi) is 9.17. The van der Waals surface area contributed by atoms with Gasteiger partial charge in [0.1, 0.15) is 11.9 Å². The molecular formula is C33H46O4. The number of aryl methyl sites for hydroxylation is 2. The average Bonchev–Trinajstić information content (AvgIpc) is 2.84. The van der Waals surface area contributed by atoms with Crippen molar-refractivity contribution < 1.29 is 19.3 Å². The van der Waals surface area contributed by atoms with Crippen molar-refractivity contribution in [3.8, 4) is 17.6 Å². The van der Waals surface area contributed by atoms with Crippen molar-refractivity contribution in [2.75, 3.05) is 19.8 Å². The van der Waals surface area contributed by atoms with Crippen LogP contribution in [-0.4, -0.2) is 36.8 Å². The van der Waals surface area contributed by atoms with E-state index in [4.69, 9.17) is 14.2 Å². The molecule has 1 aliphatic rings. The number of hydrogen-bond donors (Lipinski definition) is 1. The molecule has 1 saturated heterocycles. The van der Waals surface area contributed by atoms with E-state index in [1.165, 1.54) is 11.1 Å². The number of ether oxygens (including phenoxy) is 3. The number of benzene rings is 2. The summed E-state index contributed by atoms with van der Waals surface area (Å²) in [5.41, 5.74) is 5.47. The van der Waals surface area contributed by atoms with Gasteiger partial charge in [-0.05, 0) is 80.3 Å². The van der Waals surface area contributed by atoms with E-state index in [1.54, 1.807) is 0 Å². The van der Waals surface area contributed by atoms with Gasteiger partial charge >= 0.3 is 0 Å². The summed E-state index contributed by atoms with van der Waals surface area (Å²) in [5, 5.41) is 10.3. The van der Waals surface area contributed by atoms with Gasteiger partial charge in [-0.25, -0.2) is 0 Å². The maximum atomic E-state index is 10.3. The molecule has 1 unspecified atom stereocenters. The summed E-state index contributed by atoms with van der Waals surface area (Å²) in [6.07, 6.45) is 1.32. The first kappa shape index (κ1) is 29.2. The van der Waals surface area contributed by atoms with Crippen LogP contribution in [0.4, 0.5) is 0 Å². The lowest BCUT2D eigenvalue weighted by atomic mass is 9.70. The van der Waals surface area contributed by atoms with Gasteiger partial charge in [0.15, 0.2) is 5.79 Å². The summed E-state index contributed by atoms with van der Waals surface area (Å²) in [4.78, 5) is 0. The normalized spacial score (nSPS) is 17.1. The Balaban J connectivity index is 1.81. The summed E-state index contributed by atoms with van der Waals surface area (Å²) < 4.78 is 17.7. The van der Waals surface area contributed by atoms with Crippen molar-refractivity contribution in [2.45, 2.75) is 92.5 Å². The van der Waals surface area contributed by atoms with E-state index < -0.39 is 11.9 Å². The van der Waals surface area contributed by atoms with Crippen molar-refractivity contribution >= 4 is 0 Å². The second-order valence-electron chi connectivity index (χ2n) is 12.0. The van der Waals surface area contributed by atoms with Crippen molar-refractivity contribution in [2.24, 2.45) is 11.3 Å². The minimum Gasteiger partial charge on any atom is -0.493 e. The molecule has 37 heavy (non-hydrogen) atoms. The lowest BCUT2D eigenvalue weighted by Gasteiger charge is -2.35. The largest absolute Gasteiger partial charge is 0.493 e. The first-order valence-electron chi connectivity index (χ1n) is 13.6. The van der Waals surface area contributed by atoms with Gasteiger partial charge in [0.25, 0.3) is 0 Å². The van der Waals surface area contributed by atoms with E-state index >= 15 is 0 Å². The van der Waals surface area contributed by atoms with Gasteiger partial charge in [0.05, 0.1) is 19.8 Å². The maximum Gasteiger partial charge on any atom is 0.162 e. The molecule has 2 aromatic rings. The number of rotatable bonds is 7. The molecular weight excluding hydrogens is 460 g/mol. The van der Waals surface area contributed by atoms with Gasteiger partial charge in [-0.3, -0.25) is 0 Å². The first-order valence-corrected chi connectivity index (χ1v) is 13.6. The molecule has 2 aromatic carbocycles. The van der Waals surface area contributed by atoms with E-state index in [1.807, 2.05) is 34.6 Å². The third-order valence-electron chi connectivity index (χ3n) is 7.69. The van der Waals surface area contributed by atoms with Crippen LogP contribution in [0.2, 0.25) is 0 Å². The number of aliphatic hydroxyl groups excluding tert-OH is 1. The van der Waals surface area contributed by atoms with Crippen molar-refractivity contribution in [3.63, 3.8) is 0 Å². The SMILES string of the molecule is CCC(CC)(c1ccc(C#CC(O)C(C)(C)C)c(C)c1)c1ccc(OCC2COC(C)(C)OC2)c(C)c1. The molecule has 1 aliphatic heterocycles. The van der Waals surface area contributed by atoms with E-state index in [-0.39, 0.29) is 16.7 Å². The first-order chi connectivity index (χ1) is 17.3. The molecule has 4 heteroatoms. The summed E-state index contributed by atoms with van der Waals surface area (Å²) >= 11 is 0. The van der Waals surface area contributed by atoms with Gasteiger partial charge in [-0.1, -0.05) is 70.7 Å². The lowest BCUT2D eigenvalue weighted by Crippen LogP contribution is -2.41. The Morgan fingerprint density at radius 3 is 2.05 bits per heavy atom. The average molecular weight is 507 g/mol. The molecule has 3 rings (SSSR count). The highest BCUT2D eigenvalue weighted by molar-refractivity contribution is 5.50. The van der Waals surface area contributed by atoms with Crippen molar-refractivity contribution in [3.05, 3.63) is 64.2 Å². The third-order valence-corrected chi connectivity index (χ3v) is 7.69. The summed E-state index contributed by atoms with van der Waals surface area (Å²) in [5.74, 6) is 6.86. The molecule has 0 aliphatic carbocycles. The van der Waals surface area contributed by atoms with Crippen LogP contribution in [-0.2, 0) is 14.9 Å². The van der Waals surface area contributed by atoms with Crippen LogP contribution in [0.3, 0.4) is 0 Å². The molecule has 0 spiro atoms. The van der Waals surface area contributed by atoms with Gasteiger partial charge in [-0.2, -0.15) is 0 Å². The predicted molar refractivity (Wildman–Crippen MR) is 151 cm³/mol. The molecule has 4 nitrogen and oxygen atoms in total. The fourth-order valence-electron chi connectivity index (χ4n) is 4.84. The highest BCUT2D eigenvalue weighted by Crippen LogP contribution is 2.41. The molecule has 0 saturated carbocycles. The fraction of sp³-hybridized carbons (Fsp3) is 0.576. The van der Waals surface area contributed by atoms with Crippen LogP contribution in [0.25, 0.3) is 0 Å². The van der Waals surface area contributed by atoms with E-state index in [2.05, 4.69) is 75.9 Å². The van der Waals surface area contributed by atoms with Crippen molar-refractivity contribution in [1.82, 2.24) is 0 Å². The second kappa shape index (κ2) is 11.6. The van der Waals surface area contributed by atoms with Crippen LogP contribution in [0.5, 0.6) is 5.75 Å². The smallest absolute Gasteiger partial charge is 0.162 e. The molecule has 202 valence electrons. The van der Waals surface area contributed by atoms with Gasteiger partial charge in [0.2, 0.25) is 0 Å². The monoisotopic (exact) mass is 506 g/mol. The van der Waals surface area contributed by atoms with Crippen LogP contribution >= 0.6 is 0 Å². The summed E-state index contributed by atoms with van der Waals surface area (Å²) in [6.45, 7) is 20.5. The van der Waals surface area contributed by atoms with Crippen LogP contribution in [0, 0.1) is 37.0 Å². The van der Waals surface area contributed by atoms with Crippen LogP contribution in [0.15, 0.2) is 36.4 Å². The van der Waals surface area contributed by atoms with Gasteiger partial charge in [-0.15, -0.1) is 0 Å². The Morgan fingerprint density at radius 2 is 1.54 bits per heavy atom. The zero-order valence-electron chi connectivity index (χ0n) is 24.3. The third kappa shape index (κ3) is 6.96. The second-order valence-corrected chi connectivity index (χ2v) is 12.0. The van der Waals surface area contributed by atoms with Crippen molar-refractivity contribution in [1.29, 1.82) is 0 Å². The maximum absolute atomic E-state index is 10.3. The highest BCUT2D eigenvalue weighted by Gasteiger charge is 2.32. The standard InChI is InChI=1S/C33H46O4/c1-10-33(11-2,27-14-12-26(23(3)18-27)13-17-30(34)31(5,6)7)28-15-16-29(24(4)19-28)35-20-25-21-36-32(8,9)37-22-25/h12,14-16,18-19,25,30,34H,10-11,20-22H2,1-9H3. The quantitative estimate of drug-likeness (QED) is 0.413. The van der Waals surface area contributed by atoms with E-state index in [0.29, 0.717) is 19.8 Å². The van der Waals surface area contributed by atoms with E-state index in [9.17, 15) is 5.11 Å². The predicted octanol–water partition coefficient (Wildman–Crippen LogP) is 6.95. The van der Waals surface area contributed by atoms with Gasteiger partial charge in [0, 0.05) is 16.9 Å². The minimum absolute atomic E-state index is 0.0957. The molecule has 1 N–H and O–H groups in total. The Hall–Kier alpha value is -2.32. The van der Waals surface area contributed by atoms with Gasteiger partial charge < -0.3 is 19.3 Å². The number of hydrogen-bond acceptors (Lipinski definition) is 4.